The smallest absolute Gasteiger partial charge is 0.292 e. The number of carbonyl (C=O) groups is 1. The number of halogens is 1. The molecular weight excluding hydrogens is 272 g/mol. The Bertz CT molecular complexity index is 651. The van der Waals surface area contributed by atoms with Crippen LogP contribution in [0.2, 0.25) is 5.22 Å². The van der Waals surface area contributed by atoms with Crippen molar-refractivity contribution in [1.29, 1.82) is 0 Å². The van der Waals surface area contributed by atoms with Crippen LogP contribution in [0.15, 0.2) is 34.7 Å². The van der Waals surface area contributed by atoms with Gasteiger partial charge in [-0.2, -0.15) is 0 Å². The molecule has 98 valence electrons. The summed E-state index contributed by atoms with van der Waals surface area (Å²) in [5.41, 5.74) is 0.720. The van der Waals surface area contributed by atoms with Gasteiger partial charge in [-0.05, 0) is 42.3 Å². The molecule has 0 radical (unpaired) electrons. The molecule has 0 aliphatic heterocycles. The Kier molecular flexibility index (Phi) is 3.52. The van der Waals surface area contributed by atoms with E-state index in [4.69, 9.17) is 16.0 Å². The summed E-state index contributed by atoms with van der Waals surface area (Å²) in [6.45, 7) is 1.77. The first-order valence-electron chi connectivity index (χ1n) is 5.29. The van der Waals surface area contributed by atoms with E-state index in [-0.39, 0.29) is 22.4 Å². The van der Waals surface area contributed by atoms with Gasteiger partial charge in [-0.1, -0.05) is 6.07 Å². The fourth-order valence-electron chi connectivity index (χ4n) is 1.53. The summed E-state index contributed by atoms with van der Waals surface area (Å²) in [4.78, 5) is 22.1. The van der Waals surface area contributed by atoms with Gasteiger partial charge in [-0.25, -0.2) is 0 Å². The number of hydrogen-bond donors (Lipinski definition) is 1. The lowest BCUT2D eigenvalue weighted by atomic mass is 10.2. The van der Waals surface area contributed by atoms with E-state index in [1.54, 1.807) is 13.0 Å². The van der Waals surface area contributed by atoms with Gasteiger partial charge in [-0.15, -0.1) is 0 Å². The molecule has 0 saturated heterocycles. The van der Waals surface area contributed by atoms with E-state index in [1.807, 2.05) is 0 Å². The Balaban J connectivity index is 2.30. The average Bonchev–Trinajstić information content (AvgIpc) is 2.75. The van der Waals surface area contributed by atoms with Gasteiger partial charge in [0.2, 0.25) is 0 Å². The van der Waals surface area contributed by atoms with Crippen molar-refractivity contribution in [2.75, 3.05) is 5.32 Å². The van der Waals surface area contributed by atoms with Crippen molar-refractivity contribution in [2.24, 2.45) is 0 Å². The largest absolute Gasteiger partial charge is 0.440 e. The fourth-order valence-corrected chi connectivity index (χ4v) is 1.68. The number of nitrogens with one attached hydrogen (secondary N) is 1. The van der Waals surface area contributed by atoms with Crippen molar-refractivity contribution in [2.45, 2.75) is 6.92 Å². The SMILES string of the molecule is Cc1ccc([N+](=O)[O-])c(NC(=O)c2ccc(Cl)o2)c1. The van der Waals surface area contributed by atoms with Gasteiger partial charge in [0.05, 0.1) is 4.92 Å². The van der Waals surface area contributed by atoms with Crippen LogP contribution in [0.3, 0.4) is 0 Å². The number of anilines is 1. The molecule has 6 nitrogen and oxygen atoms in total. The lowest BCUT2D eigenvalue weighted by Gasteiger charge is -2.05. The molecule has 0 aliphatic carbocycles. The number of nitro groups is 1. The summed E-state index contributed by atoms with van der Waals surface area (Å²) in [5, 5.41) is 13.4. The first-order chi connectivity index (χ1) is 8.97. The summed E-state index contributed by atoms with van der Waals surface area (Å²) in [6, 6.07) is 7.25. The van der Waals surface area contributed by atoms with Gasteiger partial charge in [-0.3, -0.25) is 14.9 Å². The van der Waals surface area contributed by atoms with Crippen LogP contribution in [-0.2, 0) is 0 Å². The minimum atomic E-state index is -0.597. The molecule has 1 amide bonds. The summed E-state index contributed by atoms with van der Waals surface area (Å²) in [5.74, 6) is -0.610. The van der Waals surface area contributed by atoms with Gasteiger partial charge >= 0.3 is 0 Å². The maximum Gasteiger partial charge on any atom is 0.292 e. The second-order valence-corrected chi connectivity index (χ2v) is 4.21. The van der Waals surface area contributed by atoms with Crippen LogP contribution in [0.25, 0.3) is 0 Å². The molecule has 0 aliphatic rings. The number of benzene rings is 1. The summed E-state index contributed by atoms with van der Waals surface area (Å²) in [6.07, 6.45) is 0. The van der Waals surface area contributed by atoms with E-state index in [2.05, 4.69) is 5.32 Å². The van der Waals surface area contributed by atoms with Crippen molar-refractivity contribution in [1.82, 2.24) is 0 Å². The van der Waals surface area contributed by atoms with Crippen molar-refractivity contribution >= 4 is 28.9 Å². The molecule has 1 aromatic heterocycles. The third-order valence-electron chi connectivity index (χ3n) is 2.39. The molecule has 0 fully saturated rings. The van der Waals surface area contributed by atoms with Crippen LogP contribution in [0.4, 0.5) is 11.4 Å². The van der Waals surface area contributed by atoms with Crippen LogP contribution in [-0.4, -0.2) is 10.8 Å². The van der Waals surface area contributed by atoms with Gasteiger partial charge in [0, 0.05) is 6.07 Å². The molecule has 19 heavy (non-hydrogen) atoms. The zero-order valence-corrected chi connectivity index (χ0v) is 10.6. The molecular formula is C12H9ClN2O4. The van der Waals surface area contributed by atoms with E-state index in [9.17, 15) is 14.9 Å². The van der Waals surface area contributed by atoms with Crippen LogP contribution in [0.5, 0.6) is 0 Å². The molecule has 2 rings (SSSR count). The molecule has 0 unspecified atom stereocenters. The predicted octanol–water partition coefficient (Wildman–Crippen LogP) is 3.40. The Labute approximate surface area is 113 Å². The molecule has 1 heterocycles. The number of carbonyl (C=O) groups excluding carboxylic acids is 1. The Morgan fingerprint density at radius 1 is 1.37 bits per heavy atom. The third-order valence-corrected chi connectivity index (χ3v) is 2.60. The van der Waals surface area contributed by atoms with E-state index < -0.39 is 10.8 Å². The first-order valence-corrected chi connectivity index (χ1v) is 5.67. The quantitative estimate of drug-likeness (QED) is 0.689. The van der Waals surface area contributed by atoms with Crippen molar-refractivity contribution in [3.8, 4) is 0 Å². The van der Waals surface area contributed by atoms with E-state index in [0.29, 0.717) is 0 Å². The summed E-state index contributed by atoms with van der Waals surface area (Å²) < 4.78 is 4.93. The molecule has 1 N–H and O–H groups in total. The van der Waals surface area contributed by atoms with Crippen molar-refractivity contribution in [3.05, 3.63) is 57.0 Å². The zero-order valence-electron chi connectivity index (χ0n) is 9.84. The highest BCUT2D eigenvalue weighted by Gasteiger charge is 2.18. The minimum absolute atomic E-state index is 0.0131. The maximum atomic E-state index is 11.8. The molecule has 0 saturated carbocycles. The first kappa shape index (κ1) is 13.1. The normalized spacial score (nSPS) is 10.2. The van der Waals surface area contributed by atoms with Gasteiger partial charge in [0.1, 0.15) is 5.69 Å². The molecule has 1 aromatic carbocycles. The van der Waals surface area contributed by atoms with Gasteiger partial charge in [0.15, 0.2) is 11.0 Å². The van der Waals surface area contributed by atoms with Crippen LogP contribution >= 0.6 is 11.6 Å². The van der Waals surface area contributed by atoms with Crippen LogP contribution in [0.1, 0.15) is 16.1 Å². The highest BCUT2D eigenvalue weighted by Crippen LogP contribution is 2.26. The number of furan rings is 1. The highest BCUT2D eigenvalue weighted by atomic mass is 35.5. The number of nitro benzene ring substituents is 1. The molecule has 7 heteroatoms. The number of aryl methyl sites for hydroxylation is 1. The standard InChI is InChI=1S/C12H9ClN2O4/c1-7-2-3-9(15(17)18)8(6-7)14-12(16)10-4-5-11(13)19-10/h2-6H,1H3,(H,14,16). The summed E-state index contributed by atoms with van der Waals surface area (Å²) in [7, 11) is 0. The third kappa shape index (κ3) is 2.92. The van der Waals surface area contributed by atoms with E-state index in [0.717, 1.165) is 5.56 Å². The highest BCUT2D eigenvalue weighted by molar-refractivity contribution is 6.29. The number of nitrogens with zero attached hydrogens (tertiary/aromatic N) is 1. The molecule has 0 bridgehead atoms. The monoisotopic (exact) mass is 280 g/mol. The molecule has 0 atom stereocenters. The van der Waals surface area contributed by atoms with E-state index in [1.165, 1.54) is 24.3 Å². The summed E-state index contributed by atoms with van der Waals surface area (Å²) >= 11 is 5.56. The Morgan fingerprint density at radius 2 is 2.11 bits per heavy atom. The number of amides is 1. The number of hydrogen-bond acceptors (Lipinski definition) is 4. The number of rotatable bonds is 3. The lowest BCUT2D eigenvalue weighted by Crippen LogP contribution is -2.12. The second kappa shape index (κ2) is 5.11. The Morgan fingerprint density at radius 3 is 2.68 bits per heavy atom. The van der Waals surface area contributed by atoms with Crippen molar-refractivity contribution < 1.29 is 14.1 Å². The van der Waals surface area contributed by atoms with Crippen LogP contribution in [0, 0.1) is 17.0 Å². The second-order valence-electron chi connectivity index (χ2n) is 3.84. The minimum Gasteiger partial charge on any atom is -0.440 e. The Hall–Kier alpha value is -2.34. The molecule has 0 spiro atoms. The molecule has 2 aromatic rings. The van der Waals surface area contributed by atoms with Gasteiger partial charge < -0.3 is 9.73 Å². The van der Waals surface area contributed by atoms with Crippen LogP contribution < -0.4 is 5.32 Å². The lowest BCUT2D eigenvalue weighted by molar-refractivity contribution is -0.383. The zero-order chi connectivity index (χ0) is 14.0. The maximum absolute atomic E-state index is 11.8. The van der Waals surface area contributed by atoms with Gasteiger partial charge in [0.25, 0.3) is 11.6 Å². The predicted molar refractivity (Wildman–Crippen MR) is 69.5 cm³/mol. The topological polar surface area (TPSA) is 85.4 Å². The van der Waals surface area contributed by atoms with E-state index >= 15 is 0 Å². The fraction of sp³-hybridized carbons (Fsp3) is 0.0833. The van der Waals surface area contributed by atoms with Crippen molar-refractivity contribution in [3.63, 3.8) is 0 Å². The average molecular weight is 281 g/mol.